The summed E-state index contributed by atoms with van der Waals surface area (Å²) in [6.07, 6.45) is -10.1. The van der Waals surface area contributed by atoms with Crippen molar-refractivity contribution in [1.82, 2.24) is 9.55 Å². The Balaban J connectivity index is 1.59. The first-order valence-corrected chi connectivity index (χ1v) is 11.6. The van der Waals surface area contributed by atoms with E-state index >= 15 is 0 Å². The van der Waals surface area contributed by atoms with E-state index in [0.717, 1.165) is 0 Å². The molecule has 0 radical (unpaired) electrons. The lowest BCUT2D eigenvalue weighted by Gasteiger charge is -2.33. The lowest BCUT2D eigenvalue weighted by atomic mass is 9.98. The van der Waals surface area contributed by atoms with Crippen molar-refractivity contribution in [3.8, 4) is 5.75 Å². The lowest BCUT2D eigenvalue weighted by Crippen LogP contribution is -2.50. The average Bonchev–Trinajstić information content (AvgIpc) is 3.01. The Hall–Kier alpha value is -2.09. The van der Waals surface area contributed by atoms with Crippen molar-refractivity contribution in [3.05, 3.63) is 52.3 Å². The average molecular weight is 497 g/mol. The van der Waals surface area contributed by atoms with Crippen LogP contribution < -0.4 is 15.9 Å². The standard InChI is InChI=1S/C17H16F4N3O6PS/c18-9-5-24(16(26)23-13(9)22)14-11(25)12(19)17(29-14,15(20)21)7-28-31(32)27-6-8-3-1-2-4-10(8)30-31/h1-5,11-12,14-15,25H,6-7H2,(H2,22,23,26)/t11-,12-,14-,17-,31?/m1/s1. The van der Waals surface area contributed by atoms with Gasteiger partial charge in [0.05, 0.1) is 19.4 Å². The molecule has 0 bridgehead atoms. The molecule has 2 aliphatic rings. The van der Waals surface area contributed by atoms with E-state index in [1.54, 1.807) is 24.3 Å². The molecule has 15 heteroatoms. The largest absolute Gasteiger partial charge is 0.424 e. The van der Waals surface area contributed by atoms with Crippen molar-refractivity contribution >= 4 is 24.3 Å². The Kier molecular flexibility index (Phi) is 6.03. The number of hydrogen-bond acceptors (Lipinski definition) is 9. The van der Waals surface area contributed by atoms with Gasteiger partial charge in [-0.2, -0.15) is 4.98 Å². The van der Waals surface area contributed by atoms with Crippen LogP contribution in [0.5, 0.6) is 5.75 Å². The number of hydrogen-bond donors (Lipinski definition) is 2. The maximum absolute atomic E-state index is 15.0. The SMILES string of the molecule is Nc1nc(=O)n([C@@H]2O[C@@](COP3(=S)OCc4ccccc4O3)(C(F)F)[C@H](F)[C@H]2O)cc1F. The Morgan fingerprint density at radius 1 is 1.44 bits per heavy atom. The smallest absolute Gasteiger partial charge is 0.381 e. The molecule has 1 unspecified atom stereocenters. The van der Waals surface area contributed by atoms with Crippen LogP contribution in [0.1, 0.15) is 11.8 Å². The normalized spacial score (nSPS) is 32.0. The minimum Gasteiger partial charge on any atom is -0.424 e. The second-order valence-corrected chi connectivity index (χ2v) is 9.95. The molecular weight excluding hydrogens is 481 g/mol. The molecule has 9 nitrogen and oxygen atoms in total. The third-order valence-electron chi connectivity index (χ3n) is 4.99. The van der Waals surface area contributed by atoms with Crippen LogP contribution in [0.3, 0.4) is 0 Å². The van der Waals surface area contributed by atoms with Crippen LogP contribution in [-0.4, -0.2) is 45.6 Å². The molecule has 2 aromatic rings. The number of anilines is 1. The van der Waals surface area contributed by atoms with Crippen LogP contribution in [0.15, 0.2) is 35.3 Å². The van der Waals surface area contributed by atoms with Gasteiger partial charge in [0, 0.05) is 17.4 Å². The first-order valence-electron chi connectivity index (χ1n) is 9.05. The third kappa shape index (κ3) is 3.91. The second-order valence-electron chi connectivity index (χ2n) is 7.01. The van der Waals surface area contributed by atoms with Gasteiger partial charge in [-0.15, -0.1) is 0 Å². The molecule has 4 rings (SSSR count). The van der Waals surface area contributed by atoms with Crippen LogP contribution >= 0.6 is 6.72 Å². The van der Waals surface area contributed by atoms with Gasteiger partial charge >= 0.3 is 12.4 Å². The van der Waals surface area contributed by atoms with Gasteiger partial charge in [-0.25, -0.2) is 22.4 Å². The molecule has 5 atom stereocenters. The summed E-state index contributed by atoms with van der Waals surface area (Å²) < 4.78 is 78.3. The topological polar surface area (TPSA) is 118 Å². The molecule has 0 aliphatic carbocycles. The van der Waals surface area contributed by atoms with Gasteiger partial charge < -0.3 is 20.1 Å². The van der Waals surface area contributed by atoms with E-state index in [1.165, 1.54) is 0 Å². The first-order chi connectivity index (χ1) is 15.1. The van der Waals surface area contributed by atoms with Crippen molar-refractivity contribution in [1.29, 1.82) is 0 Å². The molecule has 1 aromatic heterocycles. The summed E-state index contributed by atoms with van der Waals surface area (Å²) in [5.74, 6) is -1.63. The number of ether oxygens (including phenoxy) is 1. The summed E-state index contributed by atoms with van der Waals surface area (Å²) in [6.45, 7) is -4.83. The fourth-order valence-electron chi connectivity index (χ4n) is 3.25. The highest BCUT2D eigenvalue weighted by Gasteiger charge is 2.62. The molecule has 0 amide bonds. The highest BCUT2D eigenvalue weighted by atomic mass is 32.5. The monoisotopic (exact) mass is 497 g/mol. The number of aromatic nitrogens is 2. The van der Waals surface area contributed by atoms with Crippen LogP contribution in [0.4, 0.5) is 23.4 Å². The van der Waals surface area contributed by atoms with Crippen LogP contribution in [0.2, 0.25) is 0 Å². The highest BCUT2D eigenvalue weighted by Crippen LogP contribution is 2.56. The Morgan fingerprint density at radius 2 is 2.16 bits per heavy atom. The van der Waals surface area contributed by atoms with Crippen LogP contribution in [-0.2, 0) is 32.2 Å². The van der Waals surface area contributed by atoms with Gasteiger partial charge in [-0.3, -0.25) is 13.6 Å². The summed E-state index contributed by atoms with van der Waals surface area (Å²) in [7, 11) is 0. The zero-order valence-electron chi connectivity index (χ0n) is 15.9. The summed E-state index contributed by atoms with van der Waals surface area (Å²) >= 11 is 5.17. The molecule has 1 saturated heterocycles. The van der Waals surface area contributed by atoms with Crippen molar-refractivity contribution < 1.29 is 41.0 Å². The minimum absolute atomic E-state index is 0.0218. The van der Waals surface area contributed by atoms with E-state index in [9.17, 15) is 27.5 Å². The van der Waals surface area contributed by atoms with Crippen molar-refractivity contribution in [3.63, 3.8) is 0 Å². The van der Waals surface area contributed by atoms with E-state index in [4.69, 9.17) is 35.8 Å². The van der Waals surface area contributed by atoms with Crippen LogP contribution in [0, 0.1) is 5.82 Å². The highest BCUT2D eigenvalue weighted by molar-refractivity contribution is 8.07. The first kappa shape index (κ1) is 23.1. The van der Waals surface area contributed by atoms with E-state index in [1.807, 2.05) is 0 Å². The van der Waals surface area contributed by atoms with E-state index in [0.29, 0.717) is 22.1 Å². The van der Waals surface area contributed by atoms with Gasteiger partial charge in [-0.1, -0.05) is 18.2 Å². The summed E-state index contributed by atoms with van der Waals surface area (Å²) in [4.78, 5) is 15.2. The van der Waals surface area contributed by atoms with Crippen LogP contribution in [0.25, 0.3) is 0 Å². The number of alkyl halides is 3. The lowest BCUT2D eigenvalue weighted by molar-refractivity contribution is -0.183. The van der Waals surface area contributed by atoms with Gasteiger partial charge in [0.15, 0.2) is 29.6 Å². The number of para-hydroxylation sites is 1. The number of benzene rings is 1. The Labute approximate surface area is 182 Å². The Morgan fingerprint density at radius 3 is 2.88 bits per heavy atom. The number of aliphatic hydroxyl groups excluding tert-OH is 1. The molecular formula is C17H16F4N3O6PS. The van der Waals surface area contributed by atoms with Crippen molar-refractivity contribution in [2.75, 3.05) is 12.3 Å². The molecule has 174 valence electrons. The van der Waals surface area contributed by atoms with Gasteiger partial charge in [0.25, 0.3) is 6.43 Å². The maximum Gasteiger partial charge on any atom is 0.381 e. The molecule has 0 saturated carbocycles. The number of aliphatic hydroxyl groups is 1. The number of nitrogen functional groups attached to an aromatic ring is 1. The van der Waals surface area contributed by atoms with Gasteiger partial charge in [0.1, 0.15) is 11.9 Å². The second kappa shape index (κ2) is 8.36. The summed E-state index contributed by atoms with van der Waals surface area (Å²) in [5, 5.41) is 10.2. The summed E-state index contributed by atoms with van der Waals surface area (Å²) in [6, 6.07) is 6.65. The molecule has 32 heavy (non-hydrogen) atoms. The molecule has 1 aromatic carbocycles. The predicted molar refractivity (Wildman–Crippen MR) is 105 cm³/mol. The zero-order valence-corrected chi connectivity index (χ0v) is 17.6. The fourth-order valence-corrected chi connectivity index (χ4v) is 5.07. The number of nitrogens with two attached hydrogens (primary N) is 1. The van der Waals surface area contributed by atoms with Crippen molar-refractivity contribution in [2.24, 2.45) is 0 Å². The third-order valence-corrected chi connectivity index (χ3v) is 7.15. The minimum atomic E-state index is -3.63. The van der Waals surface area contributed by atoms with E-state index in [2.05, 4.69) is 4.98 Å². The van der Waals surface area contributed by atoms with E-state index in [-0.39, 0.29) is 6.61 Å². The number of fused-ring (bicyclic) bond motifs is 1. The quantitative estimate of drug-likeness (QED) is 0.473. The van der Waals surface area contributed by atoms with Gasteiger partial charge in [-0.05, 0) is 6.07 Å². The number of halogens is 4. The zero-order chi connectivity index (χ0) is 23.3. The number of rotatable bonds is 5. The van der Waals surface area contributed by atoms with E-state index < -0.39 is 61.2 Å². The Bertz CT molecular complexity index is 1140. The maximum atomic E-state index is 15.0. The fraction of sp³-hybridized carbons (Fsp3) is 0.412. The molecule has 2 aliphatic heterocycles. The molecule has 3 N–H and O–H groups in total. The van der Waals surface area contributed by atoms with Crippen molar-refractivity contribution in [2.45, 2.75) is 37.1 Å². The molecule has 3 heterocycles. The number of nitrogens with zero attached hydrogens (tertiary/aromatic N) is 2. The van der Waals surface area contributed by atoms with Gasteiger partial charge in [0.2, 0.25) is 0 Å². The summed E-state index contributed by atoms with van der Waals surface area (Å²) in [5.41, 5.74) is 1.52. The predicted octanol–water partition coefficient (Wildman–Crippen LogP) is 2.05. The molecule has 1 fully saturated rings. The molecule has 0 spiro atoms.